The minimum Gasteiger partial charge on any atom is -0.366 e. The maximum Gasteiger partial charge on any atom is 0.248 e. The van der Waals surface area contributed by atoms with Crippen LogP contribution in [0.15, 0.2) is 45.2 Å². The Kier molecular flexibility index (Phi) is 7.00. The van der Waals surface area contributed by atoms with E-state index in [0.29, 0.717) is 12.2 Å². The van der Waals surface area contributed by atoms with Crippen LogP contribution in [-0.4, -0.2) is 17.6 Å². The largest absolute Gasteiger partial charge is 0.366 e. The second-order valence-corrected chi connectivity index (χ2v) is 2.20. The Balaban J connectivity index is 0.000000280. The summed E-state index contributed by atoms with van der Waals surface area (Å²) in [6, 6.07) is 3.14. The standard InChI is InChI=1S/C6H6N2O.CH2N4.Zn/c7-6(9)5-1-3-8-4-2-5;1-2-4-5-3-1;/h1-4H,(H2,7,9);1H2;. The van der Waals surface area contributed by atoms with Crippen LogP contribution in [0.1, 0.15) is 10.4 Å². The van der Waals surface area contributed by atoms with Crippen molar-refractivity contribution in [2.24, 2.45) is 26.4 Å². The predicted molar refractivity (Wildman–Crippen MR) is 47.3 cm³/mol. The zero-order valence-corrected chi connectivity index (χ0v) is 10.9. The molecule has 1 aromatic heterocycles. The number of nitrogens with zero attached hydrogens (tertiary/aromatic N) is 5. The molecule has 1 amide bonds. The van der Waals surface area contributed by atoms with E-state index in [1.807, 2.05) is 0 Å². The van der Waals surface area contributed by atoms with Crippen molar-refractivity contribution in [3.63, 3.8) is 0 Å². The number of rotatable bonds is 1. The Morgan fingerprint density at radius 1 is 1.20 bits per heavy atom. The van der Waals surface area contributed by atoms with Crippen LogP contribution in [0, 0.1) is 0 Å². The molecule has 15 heavy (non-hydrogen) atoms. The van der Waals surface area contributed by atoms with E-state index in [-0.39, 0.29) is 19.5 Å². The minimum absolute atomic E-state index is 0. The Morgan fingerprint density at radius 2 is 1.73 bits per heavy atom. The summed E-state index contributed by atoms with van der Waals surface area (Å²) in [7, 11) is 0. The van der Waals surface area contributed by atoms with Crippen LogP contribution < -0.4 is 5.73 Å². The monoisotopic (exact) mass is 256 g/mol. The Labute approximate surface area is 98.6 Å². The van der Waals surface area contributed by atoms with Crippen molar-refractivity contribution in [2.45, 2.75) is 0 Å². The molecule has 0 atom stereocenters. The number of aromatic nitrogens is 1. The third-order valence-corrected chi connectivity index (χ3v) is 1.26. The van der Waals surface area contributed by atoms with Crippen molar-refractivity contribution in [2.75, 3.05) is 6.67 Å². The first-order chi connectivity index (χ1) is 6.80. The minimum atomic E-state index is -0.419. The summed E-state index contributed by atoms with van der Waals surface area (Å²) in [5, 5.41) is 13.1. The molecule has 0 aliphatic carbocycles. The average Bonchev–Trinajstić information content (AvgIpc) is 2.77. The molecule has 0 radical (unpaired) electrons. The molecule has 0 fully saturated rings. The number of amides is 1. The molecule has 7 nitrogen and oxygen atoms in total. The van der Waals surface area contributed by atoms with Crippen LogP contribution in [0.5, 0.6) is 0 Å². The van der Waals surface area contributed by atoms with Crippen molar-refractivity contribution in [3.05, 3.63) is 30.1 Å². The van der Waals surface area contributed by atoms with Gasteiger partial charge in [-0.15, -0.1) is 10.2 Å². The fourth-order valence-corrected chi connectivity index (χ4v) is 0.658. The van der Waals surface area contributed by atoms with Crippen molar-refractivity contribution >= 4 is 5.91 Å². The summed E-state index contributed by atoms with van der Waals surface area (Å²) in [6.45, 7) is 0.417. The number of primary amides is 1. The number of nitrogens with two attached hydrogens (primary N) is 1. The first-order valence-electron chi connectivity index (χ1n) is 3.74. The van der Waals surface area contributed by atoms with Gasteiger partial charge in [0.2, 0.25) is 5.91 Å². The molecule has 0 bridgehead atoms. The Bertz CT molecular complexity index is 342. The van der Waals surface area contributed by atoms with E-state index in [0.717, 1.165) is 0 Å². The molecule has 0 unspecified atom stereocenters. The van der Waals surface area contributed by atoms with Gasteiger partial charge in [-0.05, 0) is 22.6 Å². The van der Waals surface area contributed by atoms with Crippen molar-refractivity contribution in [3.8, 4) is 0 Å². The summed E-state index contributed by atoms with van der Waals surface area (Å²) in [6.07, 6.45) is 3.06. The van der Waals surface area contributed by atoms with E-state index in [4.69, 9.17) is 5.73 Å². The fraction of sp³-hybridized carbons (Fsp3) is 0.143. The molecule has 1 aromatic rings. The van der Waals surface area contributed by atoms with E-state index >= 15 is 0 Å². The smallest absolute Gasteiger partial charge is 0.248 e. The summed E-state index contributed by atoms with van der Waals surface area (Å²) < 4.78 is 0. The van der Waals surface area contributed by atoms with Crippen LogP contribution in [0.3, 0.4) is 0 Å². The molecule has 2 heterocycles. The molecule has 74 valence electrons. The third kappa shape index (κ3) is 5.69. The summed E-state index contributed by atoms with van der Waals surface area (Å²) in [5.41, 5.74) is 5.44. The van der Waals surface area contributed by atoms with Gasteiger partial charge in [0.1, 0.15) is 0 Å². The van der Waals surface area contributed by atoms with Gasteiger partial charge in [0.05, 0.1) is 0 Å². The zero-order valence-electron chi connectivity index (χ0n) is 7.95. The molecule has 2 rings (SSSR count). The maximum absolute atomic E-state index is 10.4. The van der Waals surface area contributed by atoms with Crippen molar-refractivity contribution in [1.29, 1.82) is 0 Å². The molecule has 0 spiro atoms. The Morgan fingerprint density at radius 3 is 2.00 bits per heavy atom. The summed E-state index contributed by atoms with van der Waals surface area (Å²) in [4.78, 5) is 14.1. The van der Waals surface area contributed by atoms with E-state index in [2.05, 4.69) is 25.7 Å². The summed E-state index contributed by atoms with van der Waals surface area (Å²) in [5.74, 6) is -0.419. The first kappa shape index (κ1) is 13.4. The van der Waals surface area contributed by atoms with Gasteiger partial charge >= 0.3 is 0 Å². The van der Waals surface area contributed by atoms with Crippen molar-refractivity contribution < 1.29 is 24.3 Å². The number of hydrogen-bond acceptors (Lipinski definition) is 6. The molecular weight excluding hydrogens is 250 g/mol. The normalized spacial score (nSPS) is 11.2. The second kappa shape index (κ2) is 7.81. The van der Waals surface area contributed by atoms with Crippen LogP contribution in [0.25, 0.3) is 0 Å². The topological polar surface area (TPSA) is 105 Å². The number of carbonyl (C=O) groups excluding carboxylic acids is 1. The molecule has 0 aromatic carbocycles. The van der Waals surface area contributed by atoms with E-state index in [1.54, 1.807) is 12.1 Å². The molecule has 1 aliphatic heterocycles. The number of carbonyl (C=O) groups is 1. The van der Waals surface area contributed by atoms with Gasteiger partial charge in [-0.25, -0.2) is 0 Å². The molecule has 0 saturated heterocycles. The fourth-order valence-electron chi connectivity index (χ4n) is 0.658. The second-order valence-electron chi connectivity index (χ2n) is 2.20. The van der Waals surface area contributed by atoms with Gasteiger partial charge in [0, 0.05) is 37.4 Å². The van der Waals surface area contributed by atoms with E-state index in [1.165, 1.54) is 12.4 Å². The zero-order chi connectivity index (χ0) is 10.2. The van der Waals surface area contributed by atoms with E-state index < -0.39 is 5.91 Å². The van der Waals surface area contributed by atoms with Crippen LogP contribution in [0.2, 0.25) is 0 Å². The average molecular weight is 258 g/mol. The predicted octanol–water partition coefficient (Wildman–Crippen LogP) is 0.955. The maximum atomic E-state index is 10.4. The number of pyridine rings is 1. The summed E-state index contributed by atoms with van der Waals surface area (Å²) >= 11 is 0. The molecule has 1 aliphatic rings. The van der Waals surface area contributed by atoms with Crippen LogP contribution in [-0.2, 0) is 19.5 Å². The van der Waals surface area contributed by atoms with Crippen LogP contribution >= 0.6 is 0 Å². The van der Waals surface area contributed by atoms with Gasteiger partial charge in [0.15, 0.2) is 6.67 Å². The molecule has 2 N–H and O–H groups in total. The number of hydrogen-bond donors (Lipinski definition) is 1. The molecule has 8 heteroatoms. The Hall–Kier alpha value is -1.56. The van der Waals surface area contributed by atoms with Crippen molar-refractivity contribution in [1.82, 2.24) is 4.98 Å². The van der Waals surface area contributed by atoms with Gasteiger partial charge in [0.25, 0.3) is 0 Å². The van der Waals surface area contributed by atoms with Gasteiger partial charge in [-0.1, -0.05) is 0 Å². The van der Waals surface area contributed by atoms with Gasteiger partial charge in [-0.3, -0.25) is 9.78 Å². The third-order valence-electron chi connectivity index (χ3n) is 1.26. The quantitative estimate of drug-likeness (QED) is 0.757. The molecular formula is C7H8N6OZn. The SMILES string of the molecule is C1N=NN=N1.NC(=O)c1ccncc1.[Zn]. The first-order valence-corrected chi connectivity index (χ1v) is 3.74. The van der Waals surface area contributed by atoms with E-state index in [9.17, 15) is 4.79 Å². The van der Waals surface area contributed by atoms with Gasteiger partial charge in [-0.2, -0.15) is 0 Å². The van der Waals surface area contributed by atoms with Crippen LogP contribution in [0.4, 0.5) is 0 Å². The molecule has 0 saturated carbocycles. The van der Waals surface area contributed by atoms with Gasteiger partial charge < -0.3 is 5.73 Å².